The zero-order valence-electron chi connectivity index (χ0n) is 19.1. The first-order chi connectivity index (χ1) is 17.7. The molecule has 0 bridgehead atoms. The molecule has 2 amide bonds. The maximum atomic E-state index is 13.1. The normalized spacial score (nSPS) is 11.2. The third-order valence-corrected chi connectivity index (χ3v) is 6.11. The van der Waals surface area contributed by atoms with Crippen LogP contribution < -0.4 is 10.6 Å². The second-order valence-electron chi connectivity index (χ2n) is 8.31. The molecule has 8 heteroatoms. The van der Waals surface area contributed by atoms with E-state index in [2.05, 4.69) is 30.6 Å². The van der Waals surface area contributed by atoms with Gasteiger partial charge in [-0.3, -0.25) is 29.5 Å². The Morgan fingerprint density at radius 2 is 0.944 bits per heavy atom. The van der Waals surface area contributed by atoms with Crippen molar-refractivity contribution >= 4 is 55.4 Å². The van der Waals surface area contributed by atoms with E-state index in [-0.39, 0.29) is 24.9 Å². The molecule has 2 N–H and O–H groups in total. The van der Waals surface area contributed by atoms with Crippen LogP contribution in [0.4, 0.5) is 0 Å². The Bertz CT molecular complexity index is 1670. The Hall–Kier alpha value is -4.98. The zero-order chi connectivity index (χ0) is 24.5. The topological polar surface area (TPSA) is 110 Å². The summed E-state index contributed by atoms with van der Waals surface area (Å²) in [6, 6.07) is 18.4. The number of benzene rings is 2. The van der Waals surface area contributed by atoms with Gasteiger partial charge in [0.15, 0.2) is 0 Å². The summed E-state index contributed by atoms with van der Waals surface area (Å²) in [6.45, 7) is 0.533. The van der Waals surface area contributed by atoms with Gasteiger partial charge in [-0.05, 0) is 36.4 Å². The Balaban J connectivity index is 1.19. The summed E-state index contributed by atoms with van der Waals surface area (Å²) in [7, 11) is 0. The van der Waals surface area contributed by atoms with E-state index in [0.29, 0.717) is 22.2 Å². The van der Waals surface area contributed by atoms with Crippen LogP contribution in [0.5, 0.6) is 0 Å². The van der Waals surface area contributed by atoms with Gasteiger partial charge in [0, 0.05) is 70.5 Å². The molecule has 4 aromatic heterocycles. The molecule has 6 rings (SSSR count). The minimum Gasteiger partial charge on any atom is -0.350 e. The molecule has 0 saturated carbocycles. The monoisotopic (exact) mass is 472 g/mol. The van der Waals surface area contributed by atoms with Gasteiger partial charge >= 0.3 is 0 Å². The van der Waals surface area contributed by atoms with Crippen LogP contribution in [0.25, 0.3) is 43.6 Å². The number of carbonyl (C=O) groups is 2. The number of hydrogen-bond donors (Lipinski definition) is 2. The minimum absolute atomic E-state index is 0.237. The van der Waals surface area contributed by atoms with Crippen LogP contribution in [0, 0.1) is 0 Å². The van der Waals surface area contributed by atoms with Crippen LogP contribution in [0.1, 0.15) is 20.7 Å². The molecular formula is C28H20N6O2. The lowest BCUT2D eigenvalue weighted by Crippen LogP contribution is -2.34. The molecule has 0 unspecified atom stereocenters. The molecule has 0 aliphatic carbocycles. The molecule has 4 heterocycles. The Morgan fingerprint density at radius 3 is 1.39 bits per heavy atom. The number of amides is 2. The highest BCUT2D eigenvalue weighted by Gasteiger charge is 2.16. The smallest absolute Gasteiger partial charge is 0.252 e. The molecule has 0 saturated heterocycles. The van der Waals surface area contributed by atoms with Crippen molar-refractivity contribution in [2.75, 3.05) is 13.1 Å². The van der Waals surface area contributed by atoms with Crippen LogP contribution in [0.2, 0.25) is 0 Å². The summed E-state index contributed by atoms with van der Waals surface area (Å²) in [5.74, 6) is -0.473. The summed E-state index contributed by atoms with van der Waals surface area (Å²) >= 11 is 0. The Kier molecular flexibility index (Phi) is 5.38. The van der Waals surface area contributed by atoms with E-state index in [4.69, 9.17) is 0 Å². The predicted octanol–water partition coefficient (Wildman–Crippen LogP) is 4.04. The van der Waals surface area contributed by atoms with Crippen LogP contribution in [0.3, 0.4) is 0 Å². The Morgan fingerprint density at radius 1 is 0.556 bits per heavy atom. The van der Waals surface area contributed by atoms with E-state index in [1.54, 1.807) is 36.9 Å². The van der Waals surface area contributed by atoms with Gasteiger partial charge < -0.3 is 10.6 Å². The summed E-state index contributed by atoms with van der Waals surface area (Å²) in [5, 5.41) is 8.95. The number of carbonyl (C=O) groups excluding carboxylic acids is 2. The second-order valence-corrected chi connectivity index (χ2v) is 8.31. The number of rotatable bonds is 5. The van der Waals surface area contributed by atoms with Crippen molar-refractivity contribution in [2.24, 2.45) is 0 Å². The number of hydrogen-bond acceptors (Lipinski definition) is 6. The molecule has 0 fully saturated rings. The van der Waals surface area contributed by atoms with Gasteiger partial charge in [-0.15, -0.1) is 0 Å². The lowest BCUT2D eigenvalue weighted by molar-refractivity contribution is 0.0929. The maximum Gasteiger partial charge on any atom is 0.252 e. The molecule has 0 spiro atoms. The molecule has 8 nitrogen and oxygen atoms in total. The highest BCUT2D eigenvalue weighted by Crippen LogP contribution is 2.26. The van der Waals surface area contributed by atoms with Crippen LogP contribution >= 0.6 is 0 Å². The van der Waals surface area contributed by atoms with E-state index in [1.807, 2.05) is 48.5 Å². The van der Waals surface area contributed by atoms with Gasteiger partial charge in [-0.2, -0.15) is 0 Å². The highest BCUT2D eigenvalue weighted by molar-refractivity contribution is 6.15. The van der Waals surface area contributed by atoms with E-state index >= 15 is 0 Å². The fraction of sp³-hybridized carbons (Fsp3) is 0.0714. The molecular weight excluding hydrogens is 452 g/mol. The fourth-order valence-corrected chi connectivity index (χ4v) is 4.47. The number of nitrogens with one attached hydrogen (secondary N) is 2. The summed E-state index contributed by atoms with van der Waals surface area (Å²) in [4.78, 5) is 43.8. The van der Waals surface area contributed by atoms with Crippen LogP contribution in [0.15, 0.2) is 85.5 Å². The van der Waals surface area contributed by atoms with E-state index < -0.39 is 0 Å². The molecule has 0 aliphatic rings. The largest absolute Gasteiger partial charge is 0.350 e. The van der Waals surface area contributed by atoms with Crippen molar-refractivity contribution in [2.45, 2.75) is 0 Å². The lowest BCUT2D eigenvalue weighted by Gasteiger charge is -2.12. The molecule has 6 aromatic rings. The number of aromatic nitrogens is 4. The molecule has 36 heavy (non-hydrogen) atoms. The molecule has 0 radical (unpaired) electrons. The quantitative estimate of drug-likeness (QED) is 0.290. The van der Waals surface area contributed by atoms with Crippen molar-refractivity contribution in [1.29, 1.82) is 0 Å². The average Bonchev–Trinajstić information content (AvgIpc) is 2.94. The van der Waals surface area contributed by atoms with Gasteiger partial charge in [0.25, 0.3) is 11.8 Å². The van der Waals surface area contributed by atoms with Crippen LogP contribution in [-0.2, 0) is 0 Å². The van der Waals surface area contributed by atoms with Crippen molar-refractivity contribution in [3.63, 3.8) is 0 Å². The van der Waals surface area contributed by atoms with Gasteiger partial charge in [-0.1, -0.05) is 24.3 Å². The van der Waals surface area contributed by atoms with Gasteiger partial charge in [-0.25, -0.2) is 0 Å². The third kappa shape index (κ3) is 3.74. The van der Waals surface area contributed by atoms with Gasteiger partial charge in [0.05, 0.1) is 22.1 Å². The van der Waals surface area contributed by atoms with Crippen LogP contribution in [-0.4, -0.2) is 44.8 Å². The molecule has 0 atom stereocenters. The van der Waals surface area contributed by atoms with Crippen molar-refractivity contribution in [3.05, 3.63) is 96.6 Å². The number of nitrogens with zero attached hydrogens (tertiary/aromatic N) is 4. The van der Waals surface area contributed by atoms with Crippen molar-refractivity contribution in [1.82, 2.24) is 30.6 Å². The first-order valence-corrected chi connectivity index (χ1v) is 11.5. The van der Waals surface area contributed by atoms with Gasteiger partial charge in [0.2, 0.25) is 0 Å². The lowest BCUT2D eigenvalue weighted by atomic mass is 10.0. The maximum absolute atomic E-state index is 13.1. The second kappa shape index (κ2) is 8.99. The summed E-state index contributed by atoms with van der Waals surface area (Å²) in [6.07, 6.45) is 6.81. The third-order valence-electron chi connectivity index (χ3n) is 6.11. The summed E-state index contributed by atoms with van der Waals surface area (Å²) in [5.41, 5.74) is 3.90. The van der Waals surface area contributed by atoms with Crippen molar-refractivity contribution in [3.8, 4) is 0 Å². The van der Waals surface area contributed by atoms with Crippen molar-refractivity contribution < 1.29 is 9.59 Å². The SMILES string of the molecule is O=C(NCCNC(=O)c1cc2cccnc2c2ncccc12)c1cc2cccnc2c2ncccc12. The first-order valence-electron chi connectivity index (χ1n) is 11.5. The molecule has 2 aromatic carbocycles. The number of pyridine rings is 4. The fourth-order valence-electron chi connectivity index (χ4n) is 4.47. The number of fused-ring (bicyclic) bond motifs is 6. The predicted molar refractivity (Wildman–Crippen MR) is 139 cm³/mol. The summed E-state index contributed by atoms with van der Waals surface area (Å²) < 4.78 is 0. The van der Waals surface area contributed by atoms with E-state index in [0.717, 1.165) is 32.6 Å². The average molecular weight is 473 g/mol. The molecule has 0 aliphatic heterocycles. The minimum atomic E-state index is -0.237. The standard InChI is InChI=1S/C28H20N6O2/c35-27(21-15-17-5-1-9-29-23(17)25-19(21)7-3-11-31-25)33-13-14-34-28(36)22-16-18-6-2-10-30-24(18)26-20(22)8-4-12-32-26/h1-12,15-16H,13-14H2,(H,33,35)(H,34,36). The first kappa shape index (κ1) is 21.5. The molecule has 174 valence electrons. The zero-order valence-corrected chi connectivity index (χ0v) is 19.1. The highest BCUT2D eigenvalue weighted by atomic mass is 16.2. The van der Waals surface area contributed by atoms with Gasteiger partial charge in [0.1, 0.15) is 0 Å². The Labute approximate surface area is 205 Å². The van der Waals surface area contributed by atoms with E-state index in [9.17, 15) is 9.59 Å². The van der Waals surface area contributed by atoms with E-state index in [1.165, 1.54) is 0 Å².